The van der Waals surface area contributed by atoms with Crippen LogP contribution in [-0.4, -0.2) is 29.6 Å². The third kappa shape index (κ3) is 2.70. The summed E-state index contributed by atoms with van der Waals surface area (Å²) < 4.78 is 26.7. The van der Waals surface area contributed by atoms with E-state index in [0.717, 1.165) is 25.1 Å². The molecule has 0 aromatic heterocycles. The summed E-state index contributed by atoms with van der Waals surface area (Å²) in [4.78, 5) is 2.47. The van der Waals surface area contributed by atoms with Crippen LogP contribution in [0.15, 0.2) is 12.1 Å². The number of nitrogens with one attached hydrogen (secondary N) is 1. The number of halogens is 3. The number of hydrogen-bond donors (Lipinski definition) is 1. The molecule has 1 saturated heterocycles. The number of anilines is 1. The first-order chi connectivity index (χ1) is 9.04. The molecule has 2 atom stereocenters. The lowest BCUT2D eigenvalue weighted by molar-refractivity contribution is 0.257. The van der Waals surface area contributed by atoms with E-state index < -0.39 is 11.6 Å². The van der Waals surface area contributed by atoms with Crippen molar-refractivity contribution in [2.45, 2.75) is 44.3 Å². The molecule has 0 spiro atoms. The number of likely N-dealkylation sites (tertiary alicyclic amines) is 1. The Hall–Kier alpha value is -0.870. The maximum atomic E-state index is 13.7. The van der Waals surface area contributed by atoms with Crippen molar-refractivity contribution in [1.29, 1.82) is 0 Å². The van der Waals surface area contributed by atoms with Crippen molar-refractivity contribution in [2.75, 3.05) is 11.9 Å². The van der Waals surface area contributed by atoms with E-state index in [0.29, 0.717) is 12.1 Å². The summed E-state index contributed by atoms with van der Waals surface area (Å²) in [5, 5.41) is 3.24. The third-order valence-electron chi connectivity index (χ3n) is 3.99. The molecule has 0 amide bonds. The lowest BCUT2D eigenvalue weighted by Gasteiger charge is -2.20. The van der Waals surface area contributed by atoms with Gasteiger partial charge < -0.3 is 5.32 Å². The van der Waals surface area contributed by atoms with E-state index in [1.807, 2.05) is 0 Å². The first kappa shape index (κ1) is 13.1. The third-order valence-corrected chi connectivity index (χ3v) is 4.29. The van der Waals surface area contributed by atoms with Gasteiger partial charge in [0.05, 0.1) is 10.7 Å². The Bertz CT molecular complexity index is 467. The Morgan fingerprint density at radius 2 is 2.05 bits per heavy atom. The van der Waals surface area contributed by atoms with Gasteiger partial charge in [-0.3, -0.25) is 4.90 Å². The van der Waals surface area contributed by atoms with Crippen molar-refractivity contribution in [3.05, 3.63) is 28.8 Å². The Morgan fingerprint density at radius 1 is 1.32 bits per heavy atom. The molecule has 0 bridgehead atoms. The maximum absolute atomic E-state index is 13.7. The van der Waals surface area contributed by atoms with Gasteiger partial charge in [-0.05, 0) is 32.3 Å². The van der Waals surface area contributed by atoms with Crippen LogP contribution in [0.1, 0.15) is 26.2 Å². The van der Waals surface area contributed by atoms with Gasteiger partial charge in [-0.1, -0.05) is 11.6 Å². The monoisotopic (exact) mass is 286 g/mol. The SMILES string of the molecule is CC1CC(Nc2c(F)cc(F)cc2Cl)CN1C1CC1. The van der Waals surface area contributed by atoms with Crippen molar-refractivity contribution >= 4 is 17.3 Å². The summed E-state index contributed by atoms with van der Waals surface area (Å²) in [6.07, 6.45) is 3.50. The van der Waals surface area contributed by atoms with E-state index in [1.165, 1.54) is 12.8 Å². The van der Waals surface area contributed by atoms with Gasteiger partial charge in [-0.2, -0.15) is 0 Å². The molecule has 0 radical (unpaired) electrons. The zero-order chi connectivity index (χ0) is 13.6. The van der Waals surface area contributed by atoms with Gasteiger partial charge in [0.2, 0.25) is 0 Å². The van der Waals surface area contributed by atoms with Gasteiger partial charge in [0.25, 0.3) is 0 Å². The van der Waals surface area contributed by atoms with Crippen molar-refractivity contribution in [3.63, 3.8) is 0 Å². The second kappa shape index (κ2) is 4.91. The minimum atomic E-state index is -0.646. The zero-order valence-corrected chi connectivity index (χ0v) is 11.6. The molecule has 2 aliphatic rings. The van der Waals surface area contributed by atoms with Crippen LogP contribution in [0.25, 0.3) is 0 Å². The molecule has 2 fully saturated rings. The Balaban J connectivity index is 1.72. The highest BCUT2D eigenvalue weighted by molar-refractivity contribution is 6.33. The number of rotatable bonds is 3. The van der Waals surface area contributed by atoms with Crippen LogP contribution < -0.4 is 5.32 Å². The lowest BCUT2D eigenvalue weighted by atomic mass is 10.2. The van der Waals surface area contributed by atoms with Crippen molar-refractivity contribution in [3.8, 4) is 0 Å². The van der Waals surface area contributed by atoms with Gasteiger partial charge in [0, 0.05) is 30.7 Å². The predicted molar refractivity (Wildman–Crippen MR) is 72.6 cm³/mol. The molecule has 1 N–H and O–H groups in total. The van der Waals surface area contributed by atoms with Crippen LogP contribution in [0.5, 0.6) is 0 Å². The highest BCUT2D eigenvalue weighted by Gasteiger charge is 2.38. The highest BCUT2D eigenvalue weighted by Crippen LogP contribution is 2.35. The van der Waals surface area contributed by atoms with E-state index in [2.05, 4.69) is 17.1 Å². The minimum Gasteiger partial charge on any atom is -0.377 e. The quantitative estimate of drug-likeness (QED) is 0.912. The Labute approximate surface area is 116 Å². The fourth-order valence-electron chi connectivity index (χ4n) is 2.96. The summed E-state index contributed by atoms with van der Waals surface area (Å²) in [7, 11) is 0. The predicted octanol–water partition coefficient (Wildman–Crippen LogP) is 3.66. The van der Waals surface area contributed by atoms with E-state index in [-0.39, 0.29) is 16.8 Å². The summed E-state index contributed by atoms with van der Waals surface area (Å²) in [5.74, 6) is -1.27. The topological polar surface area (TPSA) is 15.3 Å². The molecule has 2 nitrogen and oxygen atoms in total. The smallest absolute Gasteiger partial charge is 0.150 e. The van der Waals surface area contributed by atoms with E-state index >= 15 is 0 Å². The Kier molecular flexibility index (Phi) is 3.39. The molecule has 5 heteroatoms. The fourth-order valence-corrected chi connectivity index (χ4v) is 3.21. The molecule has 2 unspecified atom stereocenters. The summed E-state index contributed by atoms with van der Waals surface area (Å²) >= 11 is 5.90. The van der Waals surface area contributed by atoms with Gasteiger partial charge in [-0.25, -0.2) is 8.78 Å². The van der Waals surface area contributed by atoms with Gasteiger partial charge in [0.1, 0.15) is 5.82 Å². The number of benzene rings is 1. The molecular weight excluding hydrogens is 270 g/mol. The normalized spacial score (nSPS) is 27.8. The van der Waals surface area contributed by atoms with Gasteiger partial charge in [0.15, 0.2) is 5.82 Å². The summed E-state index contributed by atoms with van der Waals surface area (Å²) in [5.41, 5.74) is 0.220. The van der Waals surface area contributed by atoms with Crippen LogP contribution in [0, 0.1) is 11.6 Å². The maximum Gasteiger partial charge on any atom is 0.150 e. The second-order valence-electron chi connectivity index (χ2n) is 5.60. The average Bonchev–Trinajstić information content (AvgIpc) is 3.09. The van der Waals surface area contributed by atoms with Crippen LogP contribution in [0.3, 0.4) is 0 Å². The van der Waals surface area contributed by atoms with E-state index in [4.69, 9.17) is 11.6 Å². The molecule has 104 valence electrons. The molecule has 1 aromatic rings. The molecule has 1 saturated carbocycles. The van der Waals surface area contributed by atoms with E-state index in [1.54, 1.807) is 0 Å². The first-order valence-corrected chi connectivity index (χ1v) is 7.09. The molecule has 1 aliphatic heterocycles. The van der Waals surface area contributed by atoms with Crippen LogP contribution in [0.2, 0.25) is 5.02 Å². The molecule has 3 rings (SSSR count). The number of hydrogen-bond acceptors (Lipinski definition) is 2. The van der Waals surface area contributed by atoms with Crippen molar-refractivity contribution < 1.29 is 8.78 Å². The van der Waals surface area contributed by atoms with Gasteiger partial charge in [-0.15, -0.1) is 0 Å². The lowest BCUT2D eigenvalue weighted by Crippen LogP contribution is -2.31. The van der Waals surface area contributed by atoms with Crippen LogP contribution >= 0.6 is 11.6 Å². The van der Waals surface area contributed by atoms with Crippen molar-refractivity contribution in [1.82, 2.24) is 4.90 Å². The largest absolute Gasteiger partial charge is 0.377 e. The summed E-state index contributed by atoms with van der Waals surface area (Å²) in [6.45, 7) is 3.10. The van der Waals surface area contributed by atoms with Crippen LogP contribution in [-0.2, 0) is 0 Å². The standard InChI is InChI=1S/C14H17ClF2N2/c1-8-4-10(7-19(8)11-2-3-11)18-14-12(15)5-9(16)6-13(14)17/h5-6,8,10-11,18H,2-4,7H2,1H3. The average molecular weight is 287 g/mol. The van der Waals surface area contributed by atoms with Gasteiger partial charge >= 0.3 is 0 Å². The summed E-state index contributed by atoms with van der Waals surface area (Å²) in [6, 6.07) is 3.39. The number of nitrogens with zero attached hydrogens (tertiary/aromatic N) is 1. The Morgan fingerprint density at radius 3 is 2.68 bits per heavy atom. The minimum absolute atomic E-state index is 0.107. The molecule has 1 aromatic carbocycles. The fraction of sp³-hybridized carbons (Fsp3) is 0.571. The van der Waals surface area contributed by atoms with E-state index in [9.17, 15) is 8.78 Å². The second-order valence-corrected chi connectivity index (χ2v) is 6.01. The molecule has 19 heavy (non-hydrogen) atoms. The van der Waals surface area contributed by atoms with Crippen LogP contribution in [0.4, 0.5) is 14.5 Å². The molecule has 1 aliphatic carbocycles. The van der Waals surface area contributed by atoms with Crippen molar-refractivity contribution in [2.24, 2.45) is 0 Å². The highest BCUT2D eigenvalue weighted by atomic mass is 35.5. The molecular formula is C14H17ClF2N2. The zero-order valence-electron chi connectivity index (χ0n) is 10.8. The first-order valence-electron chi connectivity index (χ1n) is 6.71. The molecule has 1 heterocycles.